The predicted molar refractivity (Wildman–Crippen MR) is 363 cm³/mol. The summed E-state index contributed by atoms with van der Waals surface area (Å²) in [5.41, 5.74) is 15.8. The molecule has 0 nitrogen and oxygen atoms in total. The van der Waals surface area contributed by atoms with Crippen molar-refractivity contribution in [1.82, 2.24) is 0 Å². The van der Waals surface area contributed by atoms with E-state index in [1.165, 1.54) is 125 Å². The molecule has 418 valence electrons. The van der Waals surface area contributed by atoms with Crippen LogP contribution < -0.4 is 0 Å². The fraction of sp³-hybridized carbons (Fsp3) is 0.286. The maximum absolute atomic E-state index is 3.77. The maximum Gasteiger partial charge on any atom is 0.0407 e. The molecule has 0 atom stereocenters. The molecule has 0 saturated heterocycles. The molecule has 0 unspecified atom stereocenters. The fourth-order valence-corrected chi connectivity index (χ4v) is 11.8. The summed E-state index contributed by atoms with van der Waals surface area (Å²) < 4.78 is 0. The van der Waals surface area contributed by atoms with Crippen LogP contribution in [-0.2, 0) is 25.7 Å². The van der Waals surface area contributed by atoms with E-state index in [4.69, 9.17) is 0 Å². The molecule has 0 aliphatic heterocycles. The van der Waals surface area contributed by atoms with Gasteiger partial charge >= 0.3 is 0 Å². The van der Waals surface area contributed by atoms with Gasteiger partial charge in [0.1, 0.15) is 0 Å². The van der Waals surface area contributed by atoms with Gasteiger partial charge in [-0.3, -0.25) is 0 Å². The van der Waals surface area contributed by atoms with Crippen molar-refractivity contribution in [3.63, 3.8) is 0 Å². The highest BCUT2D eigenvalue weighted by Crippen LogP contribution is 2.39. The second kappa shape index (κ2) is 30.2. The summed E-state index contributed by atoms with van der Waals surface area (Å²) in [5.74, 6) is 29.5. The largest absolute Gasteiger partial charge is 0.0654 e. The summed E-state index contributed by atoms with van der Waals surface area (Å²) in [6.45, 7) is 9.08. The number of benzene rings is 10. The molecule has 10 aromatic carbocycles. The highest BCUT2D eigenvalue weighted by Gasteiger charge is 2.17. The van der Waals surface area contributed by atoms with E-state index in [2.05, 4.69) is 257 Å². The van der Waals surface area contributed by atoms with E-state index in [0.29, 0.717) is 0 Å². The molecule has 84 heavy (non-hydrogen) atoms. The minimum atomic E-state index is 1.01. The molecule has 0 amide bonds. The highest BCUT2D eigenvalue weighted by atomic mass is 14.2. The van der Waals surface area contributed by atoms with Gasteiger partial charge < -0.3 is 0 Å². The summed E-state index contributed by atoms with van der Waals surface area (Å²) in [6, 6.07) is 66.9. The van der Waals surface area contributed by atoms with Gasteiger partial charge in [0.05, 0.1) is 0 Å². The van der Waals surface area contributed by atoms with Crippen molar-refractivity contribution in [2.75, 3.05) is 0 Å². The van der Waals surface area contributed by atoms with Crippen LogP contribution in [0.15, 0.2) is 182 Å². The molecular formula is C84H82. The lowest BCUT2D eigenvalue weighted by Gasteiger charge is -2.15. The number of rotatable bonds is 21. The van der Waals surface area contributed by atoms with Crippen molar-refractivity contribution in [2.45, 2.75) is 156 Å². The first-order valence-electron chi connectivity index (χ1n) is 31.9. The first-order valence-corrected chi connectivity index (χ1v) is 31.9. The van der Waals surface area contributed by atoms with Crippen LogP contribution in [0, 0.1) is 47.4 Å². The van der Waals surface area contributed by atoms with Gasteiger partial charge in [0.25, 0.3) is 0 Å². The quantitative estimate of drug-likeness (QED) is 0.0382. The maximum atomic E-state index is 3.77. The Bertz CT molecular complexity index is 3830. The van der Waals surface area contributed by atoms with Gasteiger partial charge in [0.2, 0.25) is 0 Å². The van der Waals surface area contributed by atoms with E-state index >= 15 is 0 Å². The predicted octanol–water partition coefficient (Wildman–Crippen LogP) is 22.1. The summed E-state index contributed by atoms with van der Waals surface area (Å²) >= 11 is 0. The smallest absolute Gasteiger partial charge is 0.0407 e. The molecule has 10 aromatic rings. The molecule has 0 saturated carbocycles. The summed E-state index contributed by atoms with van der Waals surface area (Å²) in [7, 11) is 0. The van der Waals surface area contributed by atoms with Gasteiger partial charge in [-0.15, -0.1) is 0 Å². The van der Waals surface area contributed by atoms with Crippen molar-refractivity contribution in [3.8, 4) is 58.5 Å². The van der Waals surface area contributed by atoms with Gasteiger partial charge in [-0.05, 0) is 189 Å². The van der Waals surface area contributed by atoms with Crippen molar-refractivity contribution < 1.29 is 0 Å². The summed E-state index contributed by atoms with van der Waals surface area (Å²) in [4.78, 5) is 0. The van der Waals surface area contributed by atoms with Crippen molar-refractivity contribution in [3.05, 3.63) is 249 Å². The van der Waals surface area contributed by atoms with E-state index in [9.17, 15) is 0 Å². The normalized spacial score (nSPS) is 11.0. The van der Waals surface area contributed by atoms with E-state index in [0.717, 1.165) is 124 Å². The third-order valence-corrected chi connectivity index (χ3v) is 16.8. The molecule has 10 rings (SSSR count). The first-order chi connectivity index (χ1) is 41.5. The molecule has 0 aliphatic carbocycles. The van der Waals surface area contributed by atoms with Crippen LogP contribution >= 0.6 is 0 Å². The third-order valence-electron chi connectivity index (χ3n) is 16.8. The molecule has 0 radical (unpaired) electrons. The average Bonchev–Trinajstić information content (AvgIpc) is 2.46. The van der Waals surface area contributed by atoms with Crippen molar-refractivity contribution in [2.24, 2.45) is 0 Å². The number of aryl methyl sites for hydroxylation is 4. The van der Waals surface area contributed by atoms with Crippen LogP contribution in [0.25, 0.3) is 54.2 Å². The van der Waals surface area contributed by atoms with Gasteiger partial charge in [-0.25, -0.2) is 0 Å². The standard InChI is InChI=1S/C84H82/c1-5-9-13-17-25-63-33-41-67(42-34-63)49-55-77-73-29-21-23-31-75(73)79(57-51-69-45-37-65(38-46-69)27-19-15-11-7-3)83-61-71(53-59-81(77)83)72-54-60-82-78(56-50-68-43-35-64(36-44-68)26-18-14-10-6-2)74-30-22-24-32-76(74)80(84(82)62-72)58-52-70-47-39-66(40-48-70)28-20-16-12-8-4/h21-24,29-48,53-54,59-62H,5-20,25-28H2,1-4H3. The lowest BCUT2D eigenvalue weighted by Crippen LogP contribution is -1.93. The minimum Gasteiger partial charge on any atom is -0.0654 e. The molecule has 0 aromatic heterocycles. The van der Waals surface area contributed by atoms with Gasteiger partial charge in [-0.2, -0.15) is 0 Å². The number of unbranched alkanes of at least 4 members (excludes halogenated alkanes) is 12. The van der Waals surface area contributed by atoms with E-state index in [1.54, 1.807) is 0 Å². The average molecular weight is 1090 g/mol. The van der Waals surface area contributed by atoms with Crippen molar-refractivity contribution >= 4 is 43.1 Å². The molecule has 0 aliphatic rings. The van der Waals surface area contributed by atoms with Crippen LogP contribution in [0.3, 0.4) is 0 Å². The monoisotopic (exact) mass is 1090 g/mol. The number of fused-ring (bicyclic) bond motifs is 4. The Morgan fingerprint density at radius 2 is 0.452 bits per heavy atom. The fourth-order valence-electron chi connectivity index (χ4n) is 11.8. The van der Waals surface area contributed by atoms with E-state index in [1.807, 2.05) is 0 Å². The molecular weight excluding hydrogens is 1010 g/mol. The zero-order chi connectivity index (χ0) is 57.7. The number of hydrogen-bond acceptors (Lipinski definition) is 0. The number of hydrogen-bond donors (Lipinski definition) is 0. The Hall–Kier alpha value is -8.52. The summed E-state index contributed by atoms with van der Waals surface area (Å²) in [6.07, 6.45) is 24.6. The first kappa shape index (κ1) is 58.7. The van der Waals surface area contributed by atoms with Crippen molar-refractivity contribution in [1.29, 1.82) is 0 Å². The highest BCUT2D eigenvalue weighted by molar-refractivity contribution is 6.13. The van der Waals surface area contributed by atoms with Gasteiger partial charge in [0.15, 0.2) is 0 Å². The SMILES string of the molecule is CCCCCCc1ccc(C#Cc2c3ccccc3c(C#Cc3ccc(CCCCCC)cc3)c3cc(-c4ccc5c(C#Cc6ccc(CCCCCC)cc6)c6ccccc6c(C#Cc6ccc(CCCCCC)cc6)c5c4)ccc23)cc1. The second-order valence-electron chi connectivity index (χ2n) is 23.1. The van der Waals surface area contributed by atoms with Gasteiger partial charge in [0, 0.05) is 44.5 Å². The van der Waals surface area contributed by atoms with E-state index < -0.39 is 0 Å². The van der Waals surface area contributed by atoms with Crippen LogP contribution in [0.2, 0.25) is 0 Å². The van der Waals surface area contributed by atoms with E-state index in [-0.39, 0.29) is 0 Å². The zero-order valence-corrected chi connectivity index (χ0v) is 50.5. The minimum absolute atomic E-state index is 1.01. The Kier molecular flexibility index (Phi) is 21.1. The van der Waals surface area contributed by atoms with Crippen LogP contribution in [0.1, 0.15) is 197 Å². The topological polar surface area (TPSA) is 0 Å². The molecule has 0 spiro atoms. The summed E-state index contributed by atoms with van der Waals surface area (Å²) in [5, 5.41) is 8.79. The lowest BCUT2D eigenvalue weighted by atomic mass is 9.88. The van der Waals surface area contributed by atoms with Crippen LogP contribution in [-0.4, -0.2) is 0 Å². The Labute approximate surface area is 503 Å². The zero-order valence-electron chi connectivity index (χ0n) is 50.5. The molecule has 0 N–H and O–H groups in total. The molecule has 0 fully saturated rings. The molecule has 0 heterocycles. The lowest BCUT2D eigenvalue weighted by molar-refractivity contribution is 0.667. The van der Waals surface area contributed by atoms with Crippen LogP contribution in [0.4, 0.5) is 0 Å². The van der Waals surface area contributed by atoms with Crippen LogP contribution in [0.5, 0.6) is 0 Å². The Morgan fingerprint density at radius 3 is 0.702 bits per heavy atom. The van der Waals surface area contributed by atoms with Gasteiger partial charge in [-0.1, -0.05) is 273 Å². The Morgan fingerprint density at radius 1 is 0.214 bits per heavy atom. The molecule has 0 heteroatoms. The third kappa shape index (κ3) is 15.2. The Balaban J connectivity index is 1.11. The second-order valence-corrected chi connectivity index (χ2v) is 23.1. The molecule has 0 bridgehead atoms.